The highest BCUT2D eigenvalue weighted by Gasteiger charge is 2.47. The molecule has 4 heteroatoms. The topological polar surface area (TPSA) is 49.4 Å². The Kier molecular flexibility index (Phi) is 3.88. The van der Waals surface area contributed by atoms with Crippen molar-refractivity contribution in [3.8, 4) is 0 Å². The molecule has 2 rings (SSSR count). The summed E-state index contributed by atoms with van der Waals surface area (Å²) in [7, 11) is 0. The van der Waals surface area contributed by atoms with Gasteiger partial charge in [-0.3, -0.25) is 9.59 Å². The molecule has 1 saturated carbocycles. The minimum absolute atomic E-state index is 0.00875. The molecule has 1 aliphatic carbocycles. The molecule has 0 aromatic heterocycles. The Labute approximate surface area is 115 Å². The molecule has 0 bridgehead atoms. The molecular formula is C15H26N2O2. The van der Waals surface area contributed by atoms with Crippen molar-refractivity contribution in [2.24, 2.45) is 11.8 Å². The van der Waals surface area contributed by atoms with Crippen LogP contribution in [0.5, 0.6) is 0 Å². The van der Waals surface area contributed by atoms with Gasteiger partial charge in [0.05, 0.1) is 0 Å². The highest BCUT2D eigenvalue weighted by Crippen LogP contribution is 2.38. The van der Waals surface area contributed by atoms with Crippen LogP contribution in [-0.4, -0.2) is 34.8 Å². The predicted octanol–water partition coefficient (Wildman–Crippen LogP) is 1.94. The van der Waals surface area contributed by atoms with Crippen LogP contribution in [0.1, 0.15) is 53.4 Å². The second-order valence-corrected chi connectivity index (χ2v) is 6.37. The lowest BCUT2D eigenvalue weighted by molar-refractivity contribution is -0.155. The quantitative estimate of drug-likeness (QED) is 0.826. The molecular weight excluding hydrogens is 240 g/mol. The van der Waals surface area contributed by atoms with E-state index >= 15 is 0 Å². The zero-order valence-corrected chi connectivity index (χ0v) is 12.5. The van der Waals surface area contributed by atoms with E-state index in [2.05, 4.69) is 12.2 Å². The van der Waals surface area contributed by atoms with Gasteiger partial charge in [0.15, 0.2) is 0 Å². The van der Waals surface area contributed by atoms with E-state index in [4.69, 9.17) is 0 Å². The fourth-order valence-corrected chi connectivity index (χ4v) is 2.99. The molecule has 3 atom stereocenters. The second kappa shape index (κ2) is 5.14. The van der Waals surface area contributed by atoms with Gasteiger partial charge in [0.1, 0.15) is 11.6 Å². The Morgan fingerprint density at radius 1 is 1.37 bits per heavy atom. The van der Waals surface area contributed by atoms with Gasteiger partial charge in [0, 0.05) is 6.54 Å². The molecule has 108 valence electrons. The summed E-state index contributed by atoms with van der Waals surface area (Å²) >= 11 is 0. The molecule has 0 aromatic rings. The molecule has 1 N–H and O–H groups in total. The Balaban J connectivity index is 2.18. The first-order valence-electron chi connectivity index (χ1n) is 7.56. The fraction of sp³-hybridized carbons (Fsp3) is 0.867. The van der Waals surface area contributed by atoms with E-state index in [1.807, 2.05) is 25.7 Å². The number of carbonyl (C=O) groups excluding carboxylic acids is 2. The fourth-order valence-electron chi connectivity index (χ4n) is 2.99. The van der Waals surface area contributed by atoms with Crippen molar-refractivity contribution in [3.63, 3.8) is 0 Å². The van der Waals surface area contributed by atoms with E-state index in [0.717, 1.165) is 12.5 Å². The van der Waals surface area contributed by atoms with E-state index in [1.54, 1.807) is 0 Å². The van der Waals surface area contributed by atoms with Crippen molar-refractivity contribution < 1.29 is 9.59 Å². The molecule has 2 aliphatic rings. The van der Waals surface area contributed by atoms with Gasteiger partial charge in [0.2, 0.25) is 11.8 Å². The Hall–Kier alpha value is -1.06. The average molecular weight is 266 g/mol. The van der Waals surface area contributed by atoms with Gasteiger partial charge in [-0.2, -0.15) is 0 Å². The predicted molar refractivity (Wildman–Crippen MR) is 74.5 cm³/mol. The van der Waals surface area contributed by atoms with Crippen molar-refractivity contribution in [1.82, 2.24) is 10.2 Å². The summed E-state index contributed by atoms with van der Waals surface area (Å²) in [6, 6.07) is -0.284. The van der Waals surface area contributed by atoms with E-state index < -0.39 is 5.54 Å². The number of carbonyl (C=O) groups is 2. The molecule has 0 spiro atoms. The first kappa shape index (κ1) is 14.4. The lowest BCUT2D eigenvalue weighted by atomic mass is 9.90. The minimum atomic E-state index is -0.716. The Morgan fingerprint density at radius 2 is 2.00 bits per heavy atom. The van der Waals surface area contributed by atoms with Crippen LogP contribution >= 0.6 is 0 Å². The number of piperazine rings is 1. The highest BCUT2D eigenvalue weighted by atomic mass is 16.2. The summed E-state index contributed by atoms with van der Waals surface area (Å²) in [5.74, 6) is 1.36. The average Bonchev–Trinajstić information content (AvgIpc) is 3.20. The summed E-state index contributed by atoms with van der Waals surface area (Å²) in [6.07, 6.45) is 3.88. The maximum absolute atomic E-state index is 12.7. The van der Waals surface area contributed by atoms with E-state index in [-0.39, 0.29) is 17.9 Å². The summed E-state index contributed by atoms with van der Waals surface area (Å²) in [5, 5.41) is 2.91. The van der Waals surface area contributed by atoms with Gasteiger partial charge in [0.25, 0.3) is 0 Å². The molecule has 3 unspecified atom stereocenters. The third-order valence-corrected chi connectivity index (χ3v) is 4.82. The molecule has 1 aliphatic heterocycles. The van der Waals surface area contributed by atoms with Gasteiger partial charge in [-0.05, 0) is 44.4 Å². The molecule has 2 amide bonds. The van der Waals surface area contributed by atoms with Crippen LogP contribution in [0.25, 0.3) is 0 Å². The van der Waals surface area contributed by atoms with Crippen molar-refractivity contribution in [3.05, 3.63) is 0 Å². The van der Waals surface area contributed by atoms with Crippen LogP contribution in [-0.2, 0) is 9.59 Å². The van der Waals surface area contributed by atoms with Gasteiger partial charge in [-0.25, -0.2) is 0 Å². The molecule has 19 heavy (non-hydrogen) atoms. The van der Waals surface area contributed by atoms with Crippen LogP contribution in [0.3, 0.4) is 0 Å². The van der Waals surface area contributed by atoms with Crippen molar-refractivity contribution >= 4 is 11.8 Å². The van der Waals surface area contributed by atoms with Crippen LogP contribution < -0.4 is 5.32 Å². The smallest absolute Gasteiger partial charge is 0.248 e. The largest absolute Gasteiger partial charge is 0.340 e. The monoisotopic (exact) mass is 266 g/mol. The third-order valence-electron chi connectivity index (χ3n) is 4.82. The summed E-state index contributed by atoms with van der Waals surface area (Å²) in [4.78, 5) is 26.7. The maximum atomic E-state index is 12.7. The lowest BCUT2D eigenvalue weighted by Gasteiger charge is -2.44. The Morgan fingerprint density at radius 3 is 2.47 bits per heavy atom. The van der Waals surface area contributed by atoms with Crippen molar-refractivity contribution in [2.75, 3.05) is 6.54 Å². The number of nitrogens with one attached hydrogen (secondary N) is 1. The zero-order chi connectivity index (χ0) is 14.2. The zero-order valence-electron chi connectivity index (χ0n) is 12.5. The van der Waals surface area contributed by atoms with E-state index in [0.29, 0.717) is 18.8 Å². The minimum Gasteiger partial charge on any atom is -0.340 e. The number of nitrogens with zero attached hydrogens (tertiary/aromatic N) is 1. The van der Waals surface area contributed by atoms with Gasteiger partial charge < -0.3 is 10.2 Å². The number of hydrogen-bond donors (Lipinski definition) is 1. The summed E-state index contributed by atoms with van der Waals surface area (Å²) in [5.41, 5.74) is -0.716. The van der Waals surface area contributed by atoms with E-state index in [1.165, 1.54) is 12.8 Å². The van der Waals surface area contributed by atoms with Crippen LogP contribution in [0.4, 0.5) is 0 Å². The third kappa shape index (κ3) is 2.63. The van der Waals surface area contributed by atoms with Crippen molar-refractivity contribution in [1.29, 1.82) is 0 Å². The maximum Gasteiger partial charge on any atom is 0.248 e. The Bertz CT molecular complexity index is 378. The number of hydrogen-bond acceptors (Lipinski definition) is 2. The SMILES string of the molecule is CCC1C(=O)NC(C)(CC)C(=O)N1CC(C)C1CC1. The van der Waals surface area contributed by atoms with Crippen LogP contribution in [0.2, 0.25) is 0 Å². The van der Waals surface area contributed by atoms with E-state index in [9.17, 15) is 9.59 Å². The standard InChI is InChI=1S/C15H26N2O2/c1-5-12-13(18)16-15(4,6-2)14(19)17(12)9-10(3)11-7-8-11/h10-12H,5-9H2,1-4H3,(H,16,18). The summed E-state index contributed by atoms with van der Waals surface area (Å²) < 4.78 is 0. The second-order valence-electron chi connectivity index (χ2n) is 6.37. The molecule has 1 saturated heterocycles. The number of rotatable bonds is 5. The molecule has 0 aromatic carbocycles. The van der Waals surface area contributed by atoms with Crippen LogP contribution in [0, 0.1) is 11.8 Å². The van der Waals surface area contributed by atoms with Crippen LogP contribution in [0.15, 0.2) is 0 Å². The normalized spacial score (nSPS) is 33.3. The van der Waals surface area contributed by atoms with Gasteiger partial charge in [-0.15, -0.1) is 0 Å². The highest BCUT2D eigenvalue weighted by molar-refractivity contribution is 5.99. The molecule has 0 radical (unpaired) electrons. The molecule has 2 fully saturated rings. The van der Waals surface area contributed by atoms with Crippen molar-refractivity contribution in [2.45, 2.75) is 65.0 Å². The molecule has 4 nitrogen and oxygen atoms in total. The van der Waals surface area contributed by atoms with Gasteiger partial charge >= 0.3 is 0 Å². The first-order chi connectivity index (χ1) is 8.92. The first-order valence-corrected chi connectivity index (χ1v) is 7.56. The van der Waals surface area contributed by atoms with Gasteiger partial charge in [-0.1, -0.05) is 20.8 Å². The lowest BCUT2D eigenvalue weighted by Crippen LogP contribution is -2.69. The number of amides is 2. The molecule has 1 heterocycles. The summed E-state index contributed by atoms with van der Waals surface area (Å²) in [6.45, 7) is 8.69.